The average molecular weight is 366 g/mol. The van der Waals surface area contributed by atoms with Crippen LogP contribution in [0.5, 0.6) is 0 Å². The number of hydrazone groups is 1. The lowest BCUT2D eigenvalue weighted by atomic mass is 10.0. The second-order valence-electron chi connectivity index (χ2n) is 6.72. The second kappa shape index (κ2) is 8.03. The molecule has 2 heterocycles. The van der Waals surface area contributed by atoms with Gasteiger partial charge in [0.15, 0.2) is 6.61 Å². The Balaban J connectivity index is 1.79. The molecule has 0 spiro atoms. The van der Waals surface area contributed by atoms with Gasteiger partial charge in [0.2, 0.25) is 0 Å². The molecule has 1 aromatic heterocycles. The number of ether oxygens (including phenoxy) is 1. The summed E-state index contributed by atoms with van der Waals surface area (Å²) >= 11 is 0. The number of rotatable bonds is 5. The fraction of sp³-hybridized carbons (Fsp3) is 0.286. The Hall–Kier alpha value is -3.15. The Kier molecular flexibility index (Phi) is 5.54. The third-order valence-corrected chi connectivity index (χ3v) is 4.17. The number of carbonyl (C=O) groups is 2. The van der Waals surface area contributed by atoms with Crippen molar-refractivity contribution in [3.05, 3.63) is 71.2 Å². The van der Waals surface area contributed by atoms with E-state index >= 15 is 0 Å². The molecular formula is C21H22N2O4. The van der Waals surface area contributed by atoms with Crippen molar-refractivity contribution in [1.82, 2.24) is 5.01 Å². The number of amides is 1. The summed E-state index contributed by atoms with van der Waals surface area (Å²) < 4.78 is 10.5. The molecule has 0 fully saturated rings. The fourth-order valence-electron chi connectivity index (χ4n) is 2.84. The van der Waals surface area contributed by atoms with Crippen molar-refractivity contribution in [3.63, 3.8) is 0 Å². The maximum Gasteiger partial charge on any atom is 0.331 e. The lowest BCUT2D eigenvalue weighted by Gasteiger charge is -2.19. The third-order valence-electron chi connectivity index (χ3n) is 4.17. The Labute approximate surface area is 158 Å². The summed E-state index contributed by atoms with van der Waals surface area (Å²) in [5.74, 6) is -0.293. The maximum absolute atomic E-state index is 12.7. The molecule has 0 bridgehead atoms. The van der Waals surface area contributed by atoms with E-state index < -0.39 is 11.9 Å². The van der Waals surface area contributed by atoms with E-state index in [1.165, 1.54) is 11.1 Å². The van der Waals surface area contributed by atoms with E-state index in [4.69, 9.17) is 9.15 Å². The van der Waals surface area contributed by atoms with Crippen molar-refractivity contribution in [2.45, 2.75) is 33.2 Å². The summed E-state index contributed by atoms with van der Waals surface area (Å²) in [7, 11) is 0. The summed E-state index contributed by atoms with van der Waals surface area (Å²) in [6, 6.07) is 11.2. The van der Waals surface area contributed by atoms with Crippen LogP contribution in [0.25, 0.3) is 0 Å². The van der Waals surface area contributed by atoms with Gasteiger partial charge in [-0.15, -0.1) is 0 Å². The normalized spacial score (nSPS) is 16.0. The Bertz CT molecular complexity index is 875. The standard InChI is InChI=1S/C21H22N2O4/c1-14(2)11-21(25)27-13-20(24)23-18(19-5-4-10-26-19)12-17(22-23)16-8-6-15(3)7-9-16/h4-11,18H,12-13H2,1-3H3/t18-/m0/s1. The average Bonchev–Trinajstić information content (AvgIpc) is 3.29. The van der Waals surface area contributed by atoms with Gasteiger partial charge in [-0.1, -0.05) is 35.4 Å². The van der Waals surface area contributed by atoms with Gasteiger partial charge in [-0.25, -0.2) is 9.80 Å². The van der Waals surface area contributed by atoms with Gasteiger partial charge in [0, 0.05) is 12.5 Å². The van der Waals surface area contributed by atoms with E-state index in [-0.39, 0.29) is 12.6 Å². The SMILES string of the molecule is CC(C)=CC(=O)OCC(=O)N1N=C(c2ccc(C)cc2)C[C@H]1c1ccco1. The molecule has 1 atom stereocenters. The zero-order chi connectivity index (χ0) is 19.4. The molecule has 1 aliphatic heterocycles. The number of hydrogen-bond donors (Lipinski definition) is 0. The molecule has 6 nitrogen and oxygen atoms in total. The minimum atomic E-state index is -0.542. The van der Waals surface area contributed by atoms with Crippen molar-refractivity contribution in [3.8, 4) is 0 Å². The van der Waals surface area contributed by atoms with Gasteiger partial charge in [-0.3, -0.25) is 4.79 Å². The van der Waals surface area contributed by atoms with Crippen LogP contribution >= 0.6 is 0 Å². The van der Waals surface area contributed by atoms with Crippen molar-refractivity contribution in [2.24, 2.45) is 5.10 Å². The van der Waals surface area contributed by atoms with Gasteiger partial charge < -0.3 is 9.15 Å². The van der Waals surface area contributed by atoms with Gasteiger partial charge in [-0.2, -0.15) is 5.10 Å². The molecule has 140 valence electrons. The van der Waals surface area contributed by atoms with Crippen LogP contribution in [0.3, 0.4) is 0 Å². The molecule has 0 saturated heterocycles. The largest absolute Gasteiger partial charge is 0.467 e. The molecule has 2 aromatic rings. The number of hydrogen-bond acceptors (Lipinski definition) is 5. The minimum Gasteiger partial charge on any atom is -0.467 e. The lowest BCUT2D eigenvalue weighted by molar-refractivity contribution is -0.149. The summed E-state index contributed by atoms with van der Waals surface area (Å²) in [5.41, 5.74) is 3.70. The smallest absolute Gasteiger partial charge is 0.331 e. The number of furan rings is 1. The molecule has 3 rings (SSSR count). The van der Waals surface area contributed by atoms with Crippen LogP contribution < -0.4 is 0 Å². The van der Waals surface area contributed by atoms with Crippen molar-refractivity contribution >= 4 is 17.6 Å². The highest BCUT2D eigenvalue weighted by Crippen LogP contribution is 2.33. The fourth-order valence-corrected chi connectivity index (χ4v) is 2.84. The van der Waals surface area contributed by atoms with E-state index in [1.54, 1.807) is 26.2 Å². The van der Waals surface area contributed by atoms with Gasteiger partial charge in [0.05, 0.1) is 12.0 Å². The number of allylic oxidation sites excluding steroid dienone is 1. The molecule has 1 aromatic carbocycles. The molecule has 27 heavy (non-hydrogen) atoms. The first-order chi connectivity index (χ1) is 12.9. The number of carbonyl (C=O) groups excluding carboxylic acids is 2. The number of esters is 1. The van der Waals surface area contributed by atoms with E-state index in [1.807, 2.05) is 37.3 Å². The summed E-state index contributed by atoms with van der Waals surface area (Å²) in [6.45, 7) is 5.22. The van der Waals surface area contributed by atoms with Crippen LogP contribution in [0.2, 0.25) is 0 Å². The zero-order valence-corrected chi connectivity index (χ0v) is 15.6. The summed E-state index contributed by atoms with van der Waals surface area (Å²) in [6.07, 6.45) is 3.45. The highest BCUT2D eigenvalue weighted by Gasteiger charge is 2.35. The molecule has 0 N–H and O–H groups in total. The number of nitrogens with zero attached hydrogens (tertiary/aromatic N) is 2. The van der Waals surface area contributed by atoms with E-state index in [0.717, 1.165) is 22.4 Å². The second-order valence-corrected chi connectivity index (χ2v) is 6.72. The first-order valence-electron chi connectivity index (χ1n) is 8.75. The minimum absolute atomic E-state index is 0.356. The van der Waals surface area contributed by atoms with Crippen molar-refractivity contribution in [1.29, 1.82) is 0 Å². The predicted octanol–water partition coefficient (Wildman–Crippen LogP) is 3.78. The third kappa shape index (κ3) is 4.53. The Morgan fingerprint density at radius 2 is 2.00 bits per heavy atom. The van der Waals surface area contributed by atoms with Crippen LogP contribution in [-0.2, 0) is 14.3 Å². The molecule has 0 radical (unpaired) electrons. The van der Waals surface area contributed by atoms with Crippen LogP contribution in [-0.4, -0.2) is 29.2 Å². The lowest BCUT2D eigenvalue weighted by Crippen LogP contribution is -2.31. The molecule has 0 unspecified atom stereocenters. The molecular weight excluding hydrogens is 344 g/mol. The highest BCUT2D eigenvalue weighted by atomic mass is 16.5. The van der Waals surface area contributed by atoms with E-state index in [2.05, 4.69) is 5.10 Å². The summed E-state index contributed by atoms with van der Waals surface area (Å²) in [5, 5.41) is 5.85. The van der Waals surface area contributed by atoms with E-state index in [9.17, 15) is 9.59 Å². The van der Waals surface area contributed by atoms with Crippen molar-refractivity contribution < 1.29 is 18.7 Å². The Morgan fingerprint density at radius 1 is 1.26 bits per heavy atom. The molecule has 0 aliphatic carbocycles. The monoisotopic (exact) mass is 366 g/mol. The Morgan fingerprint density at radius 3 is 2.63 bits per heavy atom. The first-order valence-corrected chi connectivity index (χ1v) is 8.75. The zero-order valence-electron chi connectivity index (χ0n) is 15.6. The molecule has 0 saturated carbocycles. The number of benzene rings is 1. The quantitative estimate of drug-likeness (QED) is 0.596. The molecule has 1 amide bonds. The first kappa shape index (κ1) is 18.6. The van der Waals surface area contributed by atoms with Gasteiger partial charge in [0.25, 0.3) is 5.91 Å². The predicted molar refractivity (Wildman–Crippen MR) is 101 cm³/mol. The van der Waals surface area contributed by atoms with Crippen LogP contribution in [0, 0.1) is 6.92 Å². The molecule has 1 aliphatic rings. The van der Waals surface area contributed by atoms with Gasteiger partial charge in [-0.05, 0) is 38.5 Å². The highest BCUT2D eigenvalue weighted by molar-refractivity contribution is 6.03. The van der Waals surface area contributed by atoms with E-state index in [0.29, 0.717) is 12.2 Å². The van der Waals surface area contributed by atoms with Crippen LogP contribution in [0.1, 0.15) is 43.2 Å². The molecule has 6 heteroatoms. The topological polar surface area (TPSA) is 72.1 Å². The van der Waals surface area contributed by atoms with Gasteiger partial charge in [0.1, 0.15) is 11.8 Å². The van der Waals surface area contributed by atoms with Crippen molar-refractivity contribution in [2.75, 3.05) is 6.61 Å². The van der Waals surface area contributed by atoms with Crippen LogP contribution in [0.4, 0.5) is 0 Å². The number of aryl methyl sites for hydroxylation is 1. The van der Waals surface area contributed by atoms with Gasteiger partial charge >= 0.3 is 5.97 Å². The van der Waals surface area contributed by atoms with Crippen LogP contribution in [0.15, 0.2) is 63.8 Å². The summed E-state index contributed by atoms with van der Waals surface area (Å²) in [4.78, 5) is 24.3. The maximum atomic E-state index is 12.7.